The van der Waals surface area contributed by atoms with Gasteiger partial charge in [-0.15, -0.1) is 0 Å². The molecule has 2 rings (SSSR count). The van der Waals surface area contributed by atoms with E-state index in [0.29, 0.717) is 10.6 Å². The van der Waals surface area contributed by atoms with Crippen LogP contribution in [0.25, 0.3) is 0 Å². The smallest absolute Gasteiger partial charge is 0.358 e. The van der Waals surface area contributed by atoms with Gasteiger partial charge in [-0.1, -0.05) is 35.1 Å². The Labute approximate surface area is 176 Å². The molecule has 13 nitrogen and oxygen atoms in total. The Morgan fingerprint density at radius 2 is 1.93 bits per heavy atom. The molecule has 1 atom stereocenters. The van der Waals surface area contributed by atoms with E-state index in [0.717, 1.165) is 16.7 Å². The van der Waals surface area contributed by atoms with Crippen LogP contribution in [0.4, 0.5) is 10.9 Å². The Bertz CT molecular complexity index is 1060. The van der Waals surface area contributed by atoms with Crippen molar-refractivity contribution in [3.05, 3.63) is 50.3 Å². The summed E-state index contributed by atoms with van der Waals surface area (Å²) in [4.78, 5) is 49.1. The maximum absolute atomic E-state index is 12.7. The molecule has 0 saturated carbocycles. The Morgan fingerprint density at radius 1 is 1.27 bits per heavy atom. The number of nitro groups is 1. The van der Waals surface area contributed by atoms with Crippen molar-refractivity contribution in [1.29, 1.82) is 5.26 Å². The molecule has 0 spiro atoms. The number of halogens is 1. The van der Waals surface area contributed by atoms with Gasteiger partial charge in [0.15, 0.2) is 0 Å². The van der Waals surface area contributed by atoms with E-state index in [-0.39, 0.29) is 5.13 Å². The van der Waals surface area contributed by atoms with Crippen molar-refractivity contribution < 1.29 is 19.3 Å². The number of aromatic nitrogens is 1. The van der Waals surface area contributed by atoms with Crippen molar-refractivity contribution in [3.8, 4) is 6.07 Å². The minimum absolute atomic E-state index is 0.141. The van der Waals surface area contributed by atoms with E-state index in [4.69, 9.17) is 17.4 Å². The highest BCUT2D eigenvalue weighted by Crippen LogP contribution is 2.23. The number of nitriles is 1. The number of carbonyl (C=O) groups excluding carboxylic acids is 3. The highest BCUT2D eigenvalue weighted by Gasteiger charge is 2.28. The Kier molecular flexibility index (Phi) is 7.47. The third-order valence-electron chi connectivity index (χ3n) is 3.35. The first-order valence-electron chi connectivity index (χ1n) is 7.71. The van der Waals surface area contributed by atoms with Crippen LogP contribution in [-0.2, 0) is 14.4 Å². The summed E-state index contributed by atoms with van der Waals surface area (Å²) in [5.41, 5.74) is 3.18. The van der Waals surface area contributed by atoms with Crippen molar-refractivity contribution in [2.75, 3.05) is 5.32 Å². The van der Waals surface area contributed by atoms with Gasteiger partial charge in [-0.2, -0.15) is 10.4 Å². The SMILES string of the molecule is N#CC(/C(=N/NC(=O)C(=O)NN)C(=O)Nc1nc([N+](=O)[O-])cs1)c1ccc(Cl)cc1. The highest BCUT2D eigenvalue weighted by molar-refractivity contribution is 7.14. The first-order chi connectivity index (χ1) is 14.3. The molecule has 0 aliphatic carbocycles. The summed E-state index contributed by atoms with van der Waals surface area (Å²) in [6.45, 7) is 0. The lowest BCUT2D eigenvalue weighted by Gasteiger charge is -2.12. The van der Waals surface area contributed by atoms with E-state index in [1.165, 1.54) is 24.3 Å². The molecule has 30 heavy (non-hydrogen) atoms. The number of rotatable bonds is 6. The number of nitrogens with two attached hydrogens (primary N) is 1. The molecule has 1 unspecified atom stereocenters. The molecule has 2 aromatic rings. The first-order valence-corrected chi connectivity index (χ1v) is 8.97. The van der Waals surface area contributed by atoms with Crippen molar-refractivity contribution in [2.45, 2.75) is 5.92 Å². The molecule has 15 heteroatoms. The topological polar surface area (TPSA) is 206 Å². The Balaban J connectivity index is 2.37. The number of thiazole rings is 1. The van der Waals surface area contributed by atoms with E-state index in [9.17, 15) is 29.8 Å². The van der Waals surface area contributed by atoms with Gasteiger partial charge in [-0.3, -0.25) is 25.1 Å². The second-order valence-corrected chi connectivity index (χ2v) is 6.54. The van der Waals surface area contributed by atoms with Gasteiger partial charge in [0.2, 0.25) is 0 Å². The van der Waals surface area contributed by atoms with Crippen LogP contribution in [0.15, 0.2) is 34.7 Å². The summed E-state index contributed by atoms with van der Waals surface area (Å²) in [6.07, 6.45) is 0. The summed E-state index contributed by atoms with van der Waals surface area (Å²) in [6, 6.07) is 7.73. The summed E-state index contributed by atoms with van der Waals surface area (Å²) < 4.78 is 0. The monoisotopic (exact) mass is 450 g/mol. The molecule has 1 heterocycles. The summed E-state index contributed by atoms with van der Waals surface area (Å²) in [5.74, 6) is -0.463. The van der Waals surface area contributed by atoms with Crippen molar-refractivity contribution >= 4 is 57.3 Å². The number of hydrazone groups is 1. The highest BCUT2D eigenvalue weighted by atomic mass is 35.5. The number of nitrogens with zero attached hydrogens (tertiary/aromatic N) is 4. The first kappa shape index (κ1) is 22.4. The molecule has 0 bridgehead atoms. The predicted octanol–water partition coefficient (Wildman–Crippen LogP) is 0.413. The molecular weight excluding hydrogens is 440 g/mol. The fraction of sp³-hybridized carbons (Fsp3) is 0.0667. The van der Waals surface area contributed by atoms with Crippen LogP contribution in [-0.4, -0.2) is 33.3 Å². The van der Waals surface area contributed by atoms with Crippen molar-refractivity contribution in [1.82, 2.24) is 15.8 Å². The average Bonchev–Trinajstić information content (AvgIpc) is 3.19. The summed E-state index contributed by atoms with van der Waals surface area (Å²) in [7, 11) is 0. The van der Waals surface area contributed by atoms with Gasteiger partial charge >= 0.3 is 22.8 Å². The number of nitrogens with one attached hydrogen (secondary N) is 3. The molecule has 1 aromatic heterocycles. The largest absolute Gasteiger partial charge is 0.376 e. The number of carbonyl (C=O) groups is 3. The zero-order valence-electron chi connectivity index (χ0n) is 14.7. The van der Waals surface area contributed by atoms with Gasteiger partial charge < -0.3 is 10.1 Å². The molecule has 5 N–H and O–H groups in total. The molecule has 0 aliphatic rings. The van der Waals surface area contributed by atoms with Crippen LogP contribution in [0.2, 0.25) is 5.02 Å². The second-order valence-electron chi connectivity index (χ2n) is 5.25. The van der Waals surface area contributed by atoms with Crippen LogP contribution >= 0.6 is 22.9 Å². The van der Waals surface area contributed by atoms with Gasteiger partial charge in [0.1, 0.15) is 11.6 Å². The summed E-state index contributed by atoms with van der Waals surface area (Å²) >= 11 is 6.59. The van der Waals surface area contributed by atoms with E-state index in [1.807, 2.05) is 11.5 Å². The molecule has 0 radical (unpaired) electrons. The van der Waals surface area contributed by atoms with Gasteiger partial charge in [-0.25, -0.2) is 11.3 Å². The fourth-order valence-electron chi connectivity index (χ4n) is 1.99. The van der Waals surface area contributed by atoms with Gasteiger partial charge in [0, 0.05) is 5.02 Å². The molecule has 0 saturated heterocycles. The van der Waals surface area contributed by atoms with E-state index < -0.39 is 40.1 Å². The molecule has 0 aliphatic heterocycles. The van der Waals surface area contributed by atoms with Crippen LogP contribution in [0, 0.1) is 21.4 Å². The lowest BCUT2D eigenvalue weighted by molar-refractivity contribution is -0.389. The second kappa shape index (κ2) is 10.0. The van der Waals surface area contributed by atoms with Crippen LogP contribution in [0.1, 0.15) is 11.5 Å². The third kappa shape index (κ3) is 5.54. The molecule has 3 amide bonds. The minimum Gasteiger partial charge on any atom is -0.358 e. The van der Waals surface area contributed by atoms with Crippen LogP contribution in [0.5, 0.6) is 0 Å². The summed E-state index contributed by atoms with van der Waals surface area (Å²) in [5, 5.41) is 27.5. The zero-order valence-corrected chi connectivity index (χ0v) is 16.2. The maximum atomic E-state index is 12.7. The number of hydrogen-bond donors (Lipinski definition) is 4. The Hall–Kier alpha value is -3.93. The van der Waals surface area contributed by atoms with E-state index >= 15 is 0 Å². The molecule has 1 aromatic carbocycles. The number of amides is 3. The Morgan fingerprint density at radius 3 is 2.47 bits per heavy atom. The van der Waals surface area contributed by atoms with Crippen molar-refractivity contribution in [3.63, 3.8) is 0 Å². The predicted molar refractivity (Wildman–Crippen MR) is 105 cm³/mol. The quantitative estimate of drug-likeness (QED) is 0.121. The van der Waals surface area contributed by atoms with Gasteiger partial charge in [-0.05, 0) is 27.6 Å². The lowest BCUT2D eigenvalue weighted by Crippen LogP contribution is -2.42. The van der Waals surface area contributed by atoms with E-state index in [2.05, 4.69) is 15.4 Å². The van der Waals surface area contributed by atoms with Gasteiger partial charge in [0.05, 0.1) is 11.4 Å². The van der Waals surface area contributed by atoms with Crippen LogP contribution < -0.4 is 22.0 Å². The van der Waals surface area contributed by atoms with Gasteiger partial charge in [0.25, 0.3) is 5.91 Å². The molecular formula is C15H11ClN8O5S. The number of anilines is 1. The normalized spacial score (nSPS) is 11.7. The average molecular weight is 451 g/mol. The maximum Gasteiger partial charge on any atom is 0.376 e. The standard InChI is InChI=1S/C15H11ClN8O5S/c16-8-3-1-7(2-4-8)9(5-17)11(22-23-14(27)13(26)21-18)12(25)20-15-19-10(6-30-15)24(28)29/h1-4,6,9H,18H2,(H,21,26)(H,23,27)(H,19,20,25)/b22-11-. The zero-order chi connectivity index (χ0) is 22.3. The number of hydrazine groups is 1. The van der Waals surface area contributed by atoms with E-state index in [1.54, 1.807) is 5.43 Å². The fourth-order valence-corrected chi connectivity index (χ4v) is 2.77. The number of benzene rings is 1. The molecule has 154 valence electrons. The number of hydrogen-bond acceptors (Lipinski definition) is 10. The van der Waals surface area contributed by atoms with Crippen molar-refractivity contribution in [2.24, 2.45) is 10.9 Å². The third-order valence-corrected chi connectivity index (χ3v) is 4.35. The lowest BCUT2D eigenvalue weighted by atomic mass is 9.95. The minimum atomic E-state index is -1.29. The van der Waals surface area contributed by atoms with Crippen LogP contribution in [0.3, 0.4) is 0 Å². The molecule has 0 fully saturated rings.